The van der Waals surface area contributed by atoms with E-state index in [2.05, 4.69) is 0 Å². The van der Waals surface area contributed by atoms with E-state index in [0.29, 0.717) is 24.5 Å². The summed E-state index contributed by atoms with van der Waals surface area (Å²) in [4.78, 5) is 27.3. The SMILES string of the molecule is COc1cc(F)c(C2CCN(C(=O)C3CC3)CC2CC(=O)Cc2ccc(Cl)cc2)c(F)c1. The van der Waals surface area contributed by atoms with Crippen molar-refractivity contribution in [2.75, 3.05) is 20.2 Å². The lowest BCUT2D eigenvalue weighted by atomic mass is 9.77. The minimum atomic E-state index is -0.677. The Labute approximate surface area is 191 Å². The number of methoxy groups -OCH3 is 1. The summed E-state index contributed by atoms with van der Waals surface area (Å²) < 4.78 is 34.7. The van der Waals surface area contributed by atoms with Gasteiger partial charge < -0.3 is 9.64 Å². The summed E-state index contributed by atoms with van der Waals surface area (Å²) in [5.41, 5.74) is 0.813. The van der Waals surface area contributed by atoms with E-state index in [1.54, 1.807) is 29.2 Å². The molecule has 1 amide bonds. The number of carbonyl (C=O) groups excluding carboxylic acids is 2. The monoisotopic (exact) mass is 461 g/mol. The Morgan fingerprint density at radius 3 is 2.34 bits per heavy atom. The number of likely N-dealkylation sites (tertiary alicyclic amines) is 1. The third-order valence-electron chi connectivity index (χ3n) is 6.44. The van der Waals surface area contributed by atoms with Crippen LogP contribution in [0, 0.1) is 23.5 Å². The van der Waals surface area contributed by atoms with Crippen molar-refractivity contribution in [1.29, 1.82) is 0 Å². The van der Waals surface area contributed by atoms with Crippen molar-refractivity contribution in [3.05, 3.63) is 64.2 Å². The minimum absolute atomic E-state index is 0.0198. The second-order valence-corrected chi connectivity index (χ2v) is 9.20. The second kappa shape index (κ2) is 9.57. The smallest absolute Gasteiger partial charge is 0.225 e. The Kier molecular flexibility index (Phi) is 6.79. The molecule has 0 radical (unpaired) electrons. The predicted octanol–water partition coefficient (Wildman–Crippen LogP) is 5.17. The number of carbonyl (C=O) groups is 2. The van der Waals surface area contributed by atoms with Crippen LogP contribution in [0.3, 0.4) is 0 Å². The Hall–Kier alpha value is -2.47. The molecule has 0 spiro atoms. The van der Waals surface area contributed by atoms with Crippen LogP contribution in [0.4, 0.5) is 8.78 Å². The fourth-order valence-electron chi connectivity index (χ4n) is 4.64. The first kappa shape index (κ1) is 22.7. The number of nitrogens with zero attached hydrogens (tertiary/aromatic N) is 1. The van der Waals surface area contributed by atoms with Crippen LogP contribution in [0.25, 0.3) is 0 Å². The van der Waals surface area contributed by atoms with E-state index < -0.39 is 17.6 Å². The van der Waals surface area contributed by atoms with Crippen molar-refractivity contribution in [2.24, 2.45) is 11.8 Å². The van der Waals surface area contributed by atoms with Gasteiger partial charge in [0.05, 0.1) is 7.11 Å². The van der Waals surface area contributed by atoms with Crippen molar-refractivity contribution < 1.29 is 23.1 Å². The molecule has 1 saturated carbocycles. The fourth-order valence-corrected chi connectivity index (χ4v) is 4.76. The van der Waals surface area contributed by atoms with Crippen LogP contribution in [-0.2, 0) is 16.0 Å². The normalized spacial score (nSPS) is 20.8. The van der Waals surface area contributed by atoms with Crippen LogP contribution in [-0.4, -0.2) is 36.8 Å². The molecule has 1 saturated heterocycles. The standard InChI is InChI=1S/C25H26ClF2NO3/c1-32-20-12-22(27)24(23(28)13-20)21-8-9-29(25(31)16-4-5-16)14-17(21)11-19(30)10-15-2-6-18(26)7-3-15/h2-3,6-7,12-13,16-17,21H,4-5,8-11,14H2,1H3. The zero-order valence-corrected chi connectivity index (χ0v) is 18.7. The average molecular weight is 462 g/mol. The van der Waals surface area contributed by atoms with Gasteiger partial charge in [-0.1, -0.05) is 23.7 Å². The van der Waals surface area contributed by atoms with Gasteiger partial charge in [0.15, 0.2) is 0 Å². The molecule has 0 aromatic heterocycles. The van der Waals surface area contributed by atoms with Crippen LogP contribution < -0.4 is 4.74 Å². The quantitative estimate of drug-likeness (QED) is 0.571. The maximum atomic E-state index is 14.9. The van der Waals surface area contributed by atoms with E-state index in [-0.39, 0.29) is 47.7 Å². The molecule has 1 aliphatic carbocycles. The summed E-state index contributed by atoms with van der Waals surface area (Å²) >= 11 is 5.92. The molecule has 1 aliphatic heterocycles. The van der Waals surface area contributed by atoms with Crippen LogP contribution in [0.15, 0.2) is 36.4 Å². The van der Waals surface area contributed by atoms with Gasteiger partial charge in [-0.15, -0.1) is 0 Å². The molecule has 0 N–H and O–H groups in total. The van der Waals surface area contributed by atoms with Gasteiger partial charge in [0.2, 0.25) is 5.91 Å². The lowest BCUT2D eigenvalue weighted by Gasteiger charge is -2.39. The van der Waals surface area contributed by atoms with Crippen LogP contribution in [0.5, 0.6) is 5.75 Å². The molecule has 2 unspecified atom stereocenters. The van der Waals surface area contributed by atoms with Gasteiger partial charge in [-0.2, -0.15) is 0 Å². The molecule has 2 aromatic rings. The van der Waals surface area contributed by atoms with Gasteiger partial charge >= 0.3 is 0 Å². The van der Waals surface area contributed by atoms with Crippen molar-refractivity contribution in [3.63, 3.8) is 0 Å². The van der Waals surface area contributed by atoms with E-state index in [1.165, 1.54) is 19.2 Å². The topological polar surface area (TPSA) is 46.6 Å². The molecule has 0 bridgehead atoms. The maximum Gasteiger partial charge on any atom is 0.225 e. The number of ketones is 1. The molecule has 2 atom stereocenters. The molecule has 32 heavy (non-hydrogen) atoms. The van der Waals surface area contributed by atoms with Crippen molar-refractivity contribution in [2.45, 2.75) is 38.0 Å². The Morgan fingerprint density at radius 1 is 1.09 bits per heavy atom. The molecular weight excluding hydrogens is 436 g/mol. The molecule has 2 fully saturated rings. The average Bonchev–Trinajstić information content (AvgIpc) is 3.60. The van der Waals surface area contributed by atoms with Crippen LogP contribution >= 0.6 is 11.6 Å². The number of rotatable bonds is 7. The van der Waals surface area contributed by atoms with Crippen molar-refractivity contribution in [3.8, 4) is 5.75 Å². The highest BCUT2D eigenvalue weighted by Crippen LogP contribution is 2.41. The van der Waals surface area contributed by atoms with Crippen molar-refractivity contribution >= 4 is 23.3 Å². The first-order chi connectivity index (χ1) is 15.4. The molecule has 7 heteroatoms. The molecule has 2 aliphatic rings. The highest BCUT2D eigenvalue weighted by Gasteiger charge is 2.40. The summed E-state index contributed by atoms with van der Waals surface area (Å²) in [6, 6.07) is 9.39. The number of benzene rings is 2. The van der Waals surface area contributed by atoms with E-state index in [9.17, 15) is 18.4 Å². The van der Waals surface area contributed by atoms with Crippen LogP contribution in [0.2, 0.25) is 5.02 Å². The third-order valence-corrected chi connectivity index (χ3v) is 6.69. The summed E-state index contributed by atoms with van der Waals surface area (Å²) in [7, 11) is 1.36. The van der Waals surface area contributed by atoms with E-state index in [1.807, 2.05) is 0 Å². The first-order valence-electron chi connectivity index (χ1n) is 10.9. The fraction of sp³-hybridized carbons (Fsp3) is 0.440. The summed E-state index contributed by atoms with van der Waals surface area (Å²) in [6.07, 6.45) is 2.55. The highest BCUT2D eigenvalue weighted by atomic mass is 35.5. The van der Waals surface area contributed by atoms with E-state index in [0.717, 1.165) is 18.4 Å². The molecule has 170 valence electrons. The lowest BCUT2D eigenvalue weighted by molar-refractivity contribution is -0.135. The molecule has 1 heterocycles. The number of amides is 1. The van der Waals surface area contributed by atoms with Gasteiger partial charge in [0, 0.05) is 54.6 Å². The zero-order chi connectivity index (χ0) is 22.8. The Bertz CT molecular complexity index is 984. The second-order valence-electron chi connectivity index (χ2n) is 8.76. The van der Waals surface area contributed by atoms with Gasteiger partial charge in [-0.3, -0.25) is 9.59 Å². The van der Waals surface area contributed by atoms with Gasteiger partial charge in [-0.05, 0) is 48.8 Å². The lowest BCUT2D eigenvalue weighted by Crippen LogP contribution is -2.44. The Morgan fingerprint density at radius 2 is 1.75 bits per heavy atom. The number of piperidine rings is 1. The van der Waals surface area contributed by atoms with E-state index >= 15 is 0 Å². The third kappa shape index (κ3) is 5.12. The maximum absolute atomic E-state index is 14.9. The molecule has 2 aromatic carbocycles. The Balaban J connectivity index is 1.56. The highest BCUT2D eigenvalue weighted by molar-refractivity contribution is 6.30. The molecule has 4 nitrogen and oxygen atoms in total. The summed E-state index contributed by atoms with van der Waals surface area (Å²) in [5, 5.41) is 0.591. The van der Waals surface area contributed by atoms with Crippen LogP contribution in [0.1, 0.15) is 42.7 Å². The van der Waals surface area contributed by atoms with E-state index in [4.69, 9.17) is 16.3 Å². The number of hydrogen-bond donors (Lipinski definition) is 0. The van der Waals surface area contributed by atoms with Gasteiger partial charge in [0.25, 0.3) is 0 Å². The van der Waals surface area contributed by atoms with Gasteiger partial charge in [-0.25, -0.2) is 8.78 Å². The number of hydrogen-bond acceptors (Lipinski definition) is 3. The number of Topliss-reactive ketones (excluding diaryl/α,β-unsaturated/α-hetero) is 1. The number of ether oxygens (including phenoxy) is 1. The summed E-state index contributed by atoms with van der Waals surface area (Å²) in [5.74, 6) is -1.96. The number of halogens is 3. The van der Waals surface area contributed by atoms with Gasteiger partial charge in [0.1, 0.15) is 23.2 Å². The predicted molar refractivity (Wildman–Crippen MR) is 118 cm³/mol. The largest absolute Gasteiger partial charge is 0.497 e. The van der Waals surface area contributed by atoms with Crippen molar-refractivity contribution in [1.82, 2.24) is 4.90 Å². The molecular formula is C25H26ClF2NO3. The molecule has 4 rings (SSSR count). The zero-order valence-electron chi connectivity index (χ0n) is 18.0. The first-order valence-corrected chi connectivity index (χ1v) is 11.3. The minimum Gasteiger partial charge on any atom is -0.497 e. The summed E-state index contributed by atoms with van der Waals surface area (Å²) in [6.45, 7) is 0.768.